The van der Waals surface area contributed by atoms with Gasteiger partial charge in [-0.15, -0.1) is 0 Å². The van der Waals surface area contributed by atoms with Crippen molar-refractivity contribution >= 4 is 49.7 Å². The molecule has 1 amide bonds. The molecule has 0 spiro atoms. The average molecular weight is 535 g/mol. The molecule has 0 aliphatic heterocycles. The molecule has 0 radical (unpaired) electrons. The Labute approximate surface area is 201 Å². The fourth-order valence-electron chi connectivity index (χ4n) is 2.80. The minimum absolute atomic E-state index is 0.0486. The van der Waals surface area contributed by atoms with Gasteiger partial charge in [0.2, 0.25) is 10.0 Å². The van der Waals surface area contributed by atoms with Gasteiger partial charge in [0.25, 0.3) is 5.91 Å². The summed E-state index contributed by atoms with van der Waals surface area (Å²) < 4.78 is 28.4. The molecule has 0 atom stereocenters. The molecule has 0 saturated carbocycles. The number of amides is 1. The summed E-state index contributed by atoms with van der Waals surface area (Å²) in [5.74, 6) is -0.553. The Bertz CT molecular complexity index is 1200. The first-order chi connectivity index (χ1) is 15.2. The van der Waals surface area contributed by atoms with E-state index in [4.69, 9.17) is 11.6 Å². The Morgan fingerprint density at radius 1 is 1.03 bits per heavy atom. The molecule has 166 valence electrons. The van der Waals surface area contributed by atoms with Crippen LogP contribution in [-0.4, -0.2) is 31.4 Å². The van der Waals surface area contributed by atoms with Crippen molar-refractivity contribution in [2.24, 2.45) is 5.10 Å². The maximum absolute atomic E-state index is 13.3. The lowest BCUT2D eigenvalue weighted by molar-refractivity contribution is -0.121. The van der Waals surface area contributed by atoms with Gasteiger partial charge in [-0.3, -0.25) is 4.79 Å². The Hall–Kier alpha value is -2.52. The van der Waals surface area contributed by atoms with E-state index in [-0.39, 0.29) is 18.0 Å². The number of halogens is 2. The molecule has 9 heteroatoms. The van der Waals surface area contributed by atoms with E-state index in [1.54, 1.807) is 36.4 Å². The number of hydrogen-bond acceptors (Lipinski definition) is 4. The van der Waals surface area contributed by atoms with Crippen LogP contribution in [0.2, 0.25) is 5.02 Å². The Kier molecular flexibility index (Phi) is 8.20. The highest BCUT2D eigenvalue weighted by molar-refractivity contribution is 9.10. The Morgan fingerprint density at radius 3 is 2.28 bits per heavy atom. The largest absolute Gasteiger partial charge is 0.272 e. The van der Waals surface area contributed by atoms with Crippen LogP contribution in [0.1, 0.15) is 16.7 Å². The molecule has 3 aromatic carbocycles. The predicted molar refractivity (Wildman–Crippen MR) is 130 cm³/mol. The van der Waals surface area contributed by atoms with Crippen molar-refractivity contribution in [3.05, 3.63) is 99.0 Å². The molecule has 0 bridgehead atoms. The molecule has 3 rings (SSSR count). The molecule has 32 heavy (non-hydrogen) atoms. The molecule has 0 saturated heterocycles. The summed E-state index contributed by atoms with van der Waals surface area (Å²) in [5, 5.41) is 4.51. The zero-order chi connectivity index (χ0) is 23.1. The maximum Gasteiger partial charge on any atom is 0.255 e. The first-order valence-electron chi connectivity index (χ1n) is 9.63. The minimum Gasteiger partial charge on any atom is -0.272 e. The summed E-state index contributed by atoms with van der Waals surface area (Å²) in [6.45, 7) is 1.61. The van der Waals surface area contributed by atoms with Gasteiger partial charge in [0.1, 0.15) is 0 Å². The SMILES string of the molecule is Cc1ccc(CN(CC(=O)N/N=C\c2ccc(Cl)cc2)S(=O)(=O)c2ccc(Br)cc2)cc1. The standard InChI is InChI=1S/C23H21BrClN3O3S/c1-17-2-4-19(5-3-17)15-28(32(30,31)22-12-8-20(24)9-13-22)16-23(29)27-26-14-18-6-10-21(25)11-7-18/h2-14H,15-16H2,1H3,(H,27,29)/b26-14-. The van der Waals surface area contributed by atoms with E-state index < -0.39 is 15.9 Å². The van der Waals surface area contributed by atoms with Gasteiger partial charge in [0.05, 0.1) is 17.7 Å². The van der Waals surface area contributed by atoms with E-state index in [0.717, 1.165) is 25.5 Å². The van der Waals surface area contributed by atoms with Crippen molar-refractivity contribution < 1.29 is 13.2 Å². The quantitative estimate of drug-likeness (QED) is 0.335. The average Bonchev–Trinajstić information content (AvgIpc) is 2.76. The van der Waals surface area contributed by atoms with Crippen molar-refractivity contribution in [3.8, 4) is 0 Å². The number of nitrogens with zero attached hydrogens (tertiary/aromatic N) is 2. The highest BCUT2D eigenvalue weighted by Crippen LogP contribution is 2.21. The molecule has 3 aromatic rings. The van der Waals surface area contributed by atoms with Gasteiger partial charge >= 0.3 is 0 Å². The predicted octanol–water partition coefficient (Wildman–Crippen LogP) is 4.75. The second-order valence-corrected chi connectivity index (χ2v) is 10.3. The third-order valence-electron chi connectivity index (χ3n) is 4.52. The van der Waals surface area contributed by atoms with Crippen LogP contribution in [0.3, 0.4) is 0 Å². The van der Waals surface area contributed by atoms with Crippen LogP contribution in [-0.2, 0) is 21.4 Å². The summed E-state index contributed by atoms with van der Waals surface area (Å²) in [4.78, 5) is 12.6. The monoisotopic (exact) mass is 533 g/mol. The summed E-state index contributed by atoms with van der Waals surface area (Å²) in [6, 6.07) is 20.7. The van der Waals surface area contributed by atoms with Crippen LogP contribution in [0.25, 0.3) is 0 Å². The number of carbonyl (C=O) groups excluding carboxylic acids is 1. The number of nitrogens with one attached hydrogen (secondary N) is 1. The number of benzene rings is 3. The normalized spacial score (nSPS) is 11.8. The van der Waals surface area contributed by atoms with E-state index in [1.165, 1.54) is 18.3 Å². The van der Waals surface area contributed by atoms with E-state index >= 15 is 0 Å². The van der Waals surface area contributed by atoms with Gasteiger partial charge in [0.15, 0.2) is 0 Å². The third kappa shape index (κ3) is 6.74. The van der Waals surface area contributed by atoms with Crippen LogP contribution < -0.4 is 5.43 Å². The highest BCUT2D eigenvalue weighted by atomic mass is 79.9. The molecular formula is C23H21BrClN3O3S. The van der Waals surface area contributed by atoms with Gasteiger partial charge in [-0.05, 0) is 54.4 Å². The first kappa shape index (κ1) is 24.1. The summed E-state index contributed by atoms with van der Waals surface area (Å²) in [6.07, 6.45) is 1.46. The smallest absolute Gasteiger partial charge is 0.255 e. The molecule has 0 aliphatic carbocycles. The van der Waals surface area contributed by atoms with E-state index in [0.29, 0.717) is 5.02 Å². The Morgan fingerprint density at radius 2 is 1.66 bits per heavy atom. The molecule has 0 heterocycles. The number of hydrazone groups is 1. The van der Waals surface area contributed by atoms with Gasteiger partial charge in [0, 0.05) is 16.0 Å². The van der Waals surface area contributed by atoms with E-state index in [9.17, 15) is 13.2 Å². The first-order valence-corrected chi connectivity index (χ1v) is 12.2. The lowest BCUT2D eigenvalue weighted by Gasteiger charge is -2.21. The number of carbonyl (C=O) groups is 1. The van der Waals surface area contributed by atoms with E-state index in [2.05, 4.69) is 26.5 Å². The molecule has 0 aromatic heterocycles. The van der Waals surface area contributed by atoms with E-state index in [1.807, 2.05) is 31.2 Å². The second kappa shape index (κ2) is 10.9. The third-order valence-corrected chi connectivity index (χ3v) is 7.11. The van der Waals surface area contributed by atoms with Crippen molar-refractivity contribution in [1.82, 2.24) is 9.73 Å². The van der Waals surface area contributed by atoms with Crippen LogP contribution in [0.5, 0.6) is 0 Å². The fraction of sp³-hybridized carbons (Fsp3) is 0.130. The zero-order valence-electron chi connectivity index (χ0n) is 17.2. The lowest BCUT2D eigenvalue weighted by Crippen LogP contribution is -2.39. The second-order valence-electron chi connectivity index (χ2n) is 7.06. The molecule has 6 nitrogen and oxygen atoms in total. The lowest BCUT2D eigenvalue weighted by atomic mass is 10.1. The van der Waals surface area contributed by atoms with Crippen LogP contribution in [0.4, 0.5) is 0 Å². The van der Waals surface area contributed by atoms with Gasteiger partial charge in [-0.25, -0.2) is 13.8 Å². The maximum atomic E-state index is 13.3. The zero-order valence-corrected chi connectivity index (χ0v) is 20.4. The number of hydrogen-bond donors (Lipinski definition) is 1. The van der Waals surface area contributed by atoms with Gasteiger partial charge in [-0.1, -0.05) is 69.5 Å². The molecule has 0 unspecified atom stereocenters. The highest BCUT2D eigenvalue weighted by Gasteiger charge is 2.27. The molecule has 0 aliphatic rings. The fourth-order valence-corrected chi connectivity index (χ4v) is 4.58. The summed E-state index contributed by atoms with van der Waals surface area (Å²) in [5.41, 5.74) is 4.96. The topological polar surface area (TPSA) is 78.8 Å². The van der Waals surface area contributed by atoms with Gasteiger partial charge in [-0.2, -0.15) is 9.41 Å². The van der Waals surface area contributed by atoms with Crippen LogP contribution in [0.15, 0.2) is 87.3 Å². The minimum atomic E-state index is -3.92. The van der Waals surface area contributed by atoms with Crippen molar-refractivity contribution in [1.29, 1.82) is 0 Å². The van der Waals surface area contributed by atoms with Gasteiger partial charge < -0.3 is 0 Å². The van der Waals surface area contributed by atoms with Crippen molar-refractivity contribution in [3.63, 3.8) is 0 Å². The molecular weight excluding hydrogens is 514 g/mol. The molecule has 1 N–H and O–H groups in total. The summed E-state index contributed by atoms with van der Waals surface area (Å²) >= 11 is 9.16. The van der Waals surface area contributed by atoms with Crippen LogP contribution >= 0.6 is 27.5 Å². The number of rotatable bonds is 8. The van der Waals surface area contributed by atoms with Crippen LogP contribution in [0, 0.1) is 6.92 Å². The van der Waals surface area contributed by atoms with Crippen molar-refractivity contribution in [2.45, 2.75) is 18.4 Å². The number of aryl methyl sites for hydroxylation is 1. The molecule has 0 fully saturated rings. The number of sulfonamides is 1. The van der Waals surface area contributed by atoms with Crippen molar-refractivity contribution in [2.75, 3.05) is 6.54 Å². The Balaban J connectivity index is 1.78. The summed E-state index contributed by atoms with van der Waals surface area (Å²) in [7, 11) is -3.92.